The van der Waals surface area contributed by atoms with Crippen LogP contribution in [0.2, 0.25) is 0 Å². The Labute approximate surface area is 54.0 Å². The molecule has 0 aliphatic carbocycles. The number of dihydropyridines is 1. The molecule has 1 N–H and O–H groups in total. The van der Waals surface area contributed by atoms with E-state index in [1.165, 1.54) is 5.57 Å². The Morgan fingerprint density at radius 2 is 2.50 bits per heavy atom. The molecule has 0 fully saturated rings. The van der Waals surface area contributed by atoms with Crippen LogP contribution in [0.5, 0.6) is 0 Å². The molecule has 0 amide bonds. The molecule has 1 rings (SSSR count). The van der Waals surface area contributed by atoms with E-state index in [2.05, 4.69) is 5.32 Å². The quantitative estimate of drug-likeness (QED) is 0.524. The van der Waals surface area contributed by atoms with E-state index >= 15 is 0 Å². The summed E-state index contributed by atoms with van der Waals surface area (Å²) < 4.78 is 0. The van der Waals surface area contributed by atoms with Gasteiger partial charge in [0.1, 0.15) is 0 Å². The summed E-state index contributed by atoms with van der Waals surface area (Å²) in [6, 6.07) is 0. The minimum Gasteiger partial charge on any atom is -0.386 e. The summed E-state index contributed by atoms with van der Waals surface area (Å²) in [7, 11) is 0. The molecule has 0 aromatic rings. The lowest BCUT2D eigenvalue weighted by atomic mass is 10.2. The van der Waals surface area contributed by atoms with Crippen molar-refractivity contribution >= 4 is 11.6 Å². The van der Waals surface area contributed by atoms with Crippen LogP contribution >= 0.6 is 11.6 Å². The van der Waals surface area contributed by atoms with Crippen molar-refractivity contribution < 1.29 is 0 Å². The van der Waals surface area contributed by atoms with E-state index in [9.17, 15) is 0 Å². The normalized spacial score (nSPS) is 18.8. The molecule has 0 aromatic heterocycles. The first-order chi connectivity index (χ1) is 3.79. The first kappa shape index (κ1) is 5.70. The molecule has 1 nitrogen and oxygen atoms in total. The topological polar surface area (TPSA) is 12.0 Å². The zero-order chi connectivity index (χ0) is 5.98. The summed E-state index contributed by atoms with van der Waals surface area (Å²) in [5.41, 5.74) is 1.18. The molecule has 0 atom stereocenters. The van der Waals surface area contributed by atoms with Crippen molar-refractivity contribution in [3.8, 4) is 0 Å². The van der Waals surface area contributed by atoms with Gasteiger partial charge in [0.2, 0.25) is 0 Å². The first-order valence-corrected chi connectivity index (χ1v) is 2.93. The monoisotopic (exact) mass is 129 g/mol. The van der Waals surface area contributed by atoms with Crippen molar-refractivity contribution in [3.63, 3.8) is 0 Å². The van der Waals surface area contributed by atoms with Gasteiger partial charge in [0.25, 0.3) is 0 Å². The van der Waals surface area contributed by atoms with E-state index in [0.29, 0.717) is 0 Å². The standard InChI is InChI=1S/C6H8ClN/c1-5-2-6(7)4-8-3-5/h2-3,8H,4H2,1H3. The molecule has 0 saturated heterocycles. The minimum atomic E-state index is 0.777. The van der Waals surface area contributed by atoms with Gasteiger partial charge in [0, 0.05) is 5.03 Å². The van der Waals surface area contributed by atoms with Gasteiger partial charge in [-0.2, -0.15) is 0 Å². The highest BCUT2D eigenvalue weighted by molar-refractivity contribution is 6.30. The van der Waals surface area contributed by atoms with Crippen LogP contribution in [0.15, 0.2) is 22.9 Å². The maximum atomic E-state index is 5.67. The maximum absolute atomic E-state index is 5.67. The third-order valence-corrected chi connectivity index (χ3v) is 1.23. The number of allylic oxidation sites excluding steroid dienone is 2. The van der Waals surface area contributed by atoms with Gasteiger partial charge in [0.05, 0.1) is 6.54 Å². The molecule has 0 radical (unpaired) electrons. The van der Waals surface area contributed by atoms with Crippen molar-refractivity contribution in [1.29, 1.82) is 0 Å². The van der Waals surface area contributed by atoms with Gasteiger partial charge in [-0.3, -0.25) is 0 Å². The number of rotatable bonds is 0. The van der Waals surface area contributed by atoms with Crippen molar-refractivity contribution in [3.05, 3.63) is 22.9 Å². The third kappa shape index (κ3) is 1.27. The Hall–Kier alpha value is -0.430. The van der Waals surface area contributed by atoms with Crippen molar-refractivity contribution in [1.82, 2.24) is 5.32 Å². The fourth-order valence-corrected chi connectivity index (χ4v) is 0.899. The fraction of sp³-hybridized carbons (Fsp3) is 0.333. The summed E-state index contributed by atoms with van der Waals surface area (Å²) in [5.74, 6) is 0. The molecule has 0 spiro atoms. The maximum Gasteiger partial charge on any atom is 0.0502 e. The Balaban J connectivity index is 2.69. The van der Waals surface area contributed by atoms with Crippen molar-refractivity contribution in [2.24, 2.45) is 0 Å². The van der Waals surface area contributed by atoms with Gasteiger partial charge in [-0.15, -0.1) is 0 Å². The predicted octanol–water partition coefficient (Wildman–Crippen LogP) is 1.62. The Morgan fingerprint density at radius 1 is 1.75 bits per heavy atom. The minimum absolute atomic E-state index is 0.777. The summed E-state index contributed by atoms with van der Waals surface area (Å²) >= 11 is 5.67. The third-order valence-electron chi connectivity index (χ3n) is 0.985. The molecule has 0 saturated carbocycles. The molecule has 1 aliphatic rings. The number of hydrogen-bond acceptors (Lipinski definition) is 1. The summed E-state index contributed by atoms with van der Waals surface area (Å²) in [4.78, 5) is 0. The van der Waals surface area contributed by atoms with Crippen LogP contribution in [0.1, 0.15) is 6.92 Å². The van der Waals surface area contributed by atoms with Crippen LogP contribution in [0, 0.1) is 0 Å². The molecular weight excluding hydrogens is 122 g/mol. The Morgan fingerprint density at radius 3 is 2.88 bits per heavy atom. The predicted molar refractivity (Wildman–Crippen MR) is 35.7 cm³/mol. The zero-order valence-electron chi connectivity index (χ0n) is 4.74. The molecule has 0 unspecified atom stereocenters. The van der Waals surface area contributed by atoms with E-state index < -0.39 is 0 Å². The molecule has 1 aliphatic heterocycles. The largest absolute Gasteiger partial charge is 0.386 e. The highest BCUT2D eigenvalue weighted by Gasteiger charge is 1.95. The van der Waals surface area contributed by atoms with E-state index in [0.717, 1.165) is 11.6 Å². The van der Waals surface area contributed by atoms with Gasteiger partial charge in [-0.05, 0) is 24.8 Å². The SMILES string of the molecule is CC1=CNCC(Cl)=C1. The summed E-state index contributed by atoms with van der Waals surface area (Å²) in [6.07, 6.45) is 3.91. The van der Waals surface area contributed by atoms with Crippen LogP contribution in [0.25, 0.3) is 0 Å². The van der Waals surface area contributed by atoms with Crippen LogP contribution in [0.3, 0.4) is 0 Å². The van der Waals surface area contributed by atoms with E-state index in [1.54, 1.807) is 0 Å². The second kappa shape index (κ2) is 2.23. The molecule has 1 heterocycles. The lowest BCUT2D eigenvalue weighted by Gasteiger charge is -2.05. The highest BCUT2D eigenvalue weighted by atomic mass is 35.5. The van der Waals surface area contributed by atoms with Gasteiger partial charge < -0.3 is 5.32 Å². The van der Waals surface area contributed by atoms with Crippen LogP contribution in [0.4, 0.5) is 0 Å². The highest BCUT2D eigenvalue weighted by Crippen LogP contribution is 2.08. The number of nitrogens with one attached hydrogen (secondary N) is 1. The van der Waals surface area contributed by atoms with Crippen LogP contribution in [-0.2, 0) is 0 Å². The van der Waals surface area contributed by atoms with Crippen LogP contribution < -0.4 is 5.32 Å². The molecule has 0 bridgehead atoms. The molecule has 8 heavy (non-hydrogen) atoms. The van der Waals surface area contributed by atoms with Crippen LogP contribution in [-0.4, -0.2) is 6.54 Å². The average Bonchev–Trinajstić information content (AvgIpc) is 1.64. The van der Waals surface area contributed by atoms with Gasteiger partial charge in [-0.25, -0.2) is 0 Å². The van der Waals surface area contributed by atoms with E-state index in [4.69, 9.17) is 11.6 Å². The molecule has 2 heteroatoms. The Bertz CT molecular complexity index is 147. The summed E-state index contributed by atoms with van der Waals surface area (Å²) in [5, 5.41) is 3.90. The lowest BCUT2D eigenvalue weighted by Crippen LogP contribution is -2.11. The fourth-order valence-electron chi connectivity index (χ4n) is 0.649. The zero-order valence-corrected chi connectivity index (χ0v) is 5.50. The summed E-state index contributed by atoms with van der Waals surface area (Å²) in [6.45, 7) is 2.79. The smallest absolute Gasteiger partial charge is 0.0502 e. The van der Waals surface area contributed by atoms with Crippen molar-refractivity contribution in [2.45, 2.75) is 6.92 Å². The second-order valence-corrected chi connectivity index (χ2v) is 2.35. The van der Waals surface area contributed by atoms with Gasteiger partial charge in [0.15, 0.2) is 0 Å². The number of halogens is 1. The first-order valence-electron chi connectivity index (χ1n) is 2.55. The van der Waals surface area contributed by atoms with E-state index in [-0.39, 0.29) is 0 Å². The van der Waals surface area contributed by atoms with Gasteiger partial charge in [-0.1, -0.05) is 11.6 Å². The van der Waals surface area contributed by atoms with E-state index in [1.807, 2.05) is 19.2 Å². The lowest BCUT2D eigenvalue weighted by molar-refractivity contribution is 0.941. The average molecular weight is 130 g/mol. The Kier molecular flexibility index (Phi) is 1.59. The molecular formula is C6H8ClN. The second-order valence-electron chi connectivity index (χ2n) is 1.86. The van der Waals surface area contributed by atoms with Crippen molar-refractivity contribution in [2.75, 3.05) is 6.54 Å². The molecule has 0 aromatic carbocycles. The van der Waals surface area contributed by atoms with Gasteiger partial charge >= 0.3 is 0 Å². The molecule has 44 valence electrons. The number of hydrogen-bond donors (Lipinski definition) is 1.